The molecule has 0 radical (unpaired) electrons. The molecule has 1 amide bonds. The van der Waals surface area contributed by atoms with E-state index in [0.717, 1.165) is 0 Å². The van der Waals surface area contributed by atoms with Crippen LogP contribution in [-0.2, 0) is 0 Å². The van der Waals surface area contributed by atoms with E-state index in [4.69, 9.17) is 4.52 Å². The first-order chi connectivity index (χ1) is 13.5. The molecule has 0 fully saturated rings. The molecule has 0 saturated heterocycles. The smallest absolute Gasteiger partial charge is 0.270 e. The number of carbonyl (C=O) groups is 1. The van der Waals surface area contributed by atoms with Gasteiger partial charge in [-0.25, -0.2) is 8.78 Å². The predicted molar refractivity (Wildman–Crippen MR) is 102 cm³/mol. The monoisotopic (exact) mass is 397 g/mol. The van der Waals surface area contributed by atoms with E-state index in [1.165, 1.54) is 29.5 Å². The maximum atomic E-state index is 13.7. The van der Waals surface area contributed by atoms with Gasteiger partial charge in [0.15, 0.2) is 0 Å². The van der Waals surface area contributed by atoms with Crippen molar-refractivity contribution in [1.82, 2.24) is 10.1 Å². The van der Waals surface area contributed by atoms with Crippen LogP contribution in [0.1, 0.15) is 15.9 Å². The van der Waals surface area contributed by atoms with E-state index >= 15 is 0 Å². The van der Waals surface area contributed by atoms with E-state index in [1.807, 2.05) is 0 Å². The van der Waals surface area contributed by atoms with Crippen LogP contribution in [0.2, 0.25) is 0 Å². The largest absolute Gasteiger partial charge is 0.333 e. The number of carbonyl (C=O) groups excluding carboxylic acids is 1. The zero-order valence-electron chi connectivity index (χ0n) is 14.6. The summed E-state index contributed by atoms with van der Waals surface area (Å²) < 4.78 is 32.1. The van der Waals surface area contributed by atoms with Gasteiger partial charge >= 0.3 is 0 Å². The highest BCUT2D eigenvalue weighted by atomic mass is 32.1. The van der Waals surface area contributed by atoms with Crippen molar-refractivity contribution in [3.63, 3.8) is 0 Å². The molecule has 1 N–H and O–H groups in total. The quantitative estimate of drug-likeness (QED) is 0.507. The fraction of sp³-hybridized carbons (Fsp3) is 0.0500. The number of anilines is 1. The Kier molecular flexibility index (Phi) is 4.70. The Morgan fingerprint density at radius 3 is 2.64 bits per heavy atom. The molecule has 0 saturated carbocycles. The summed E-state index contributed by atoms with van der Waals surface area (Å²) in [5.74, 6) is -0.722. The summed E-state index contributed by atoms with van der Waals surface area (Å²) in [7, 11) is 0. The first-order valence-corrected chi connectivity index (χ1v) is 9.14. The minimum atomic E-state index is -0.447. The standard InChI is InChI=1S/C20H13F2N3O2S/c1-11-2-3-13(10-15(11)22)19(26)23-16-8-9-28-17(16)20-24-18(25-27-20)12-4-6-14(21)7-5-12/h2-10H,1H3,(H,23,26). The maximum absolute atomic E-state index is 13.7. The van der Waals surface area contributed by atoms with E-state index in [9.17, 15) is 13.6 Å². The molecule has 4 aromatic rings. The van der Waals surface area contributed by atoms with Crippen LogP contribution in [0.4, 0.5) is 14.5 Å². The lowest BCUT2D eigenvalue weighted by Gasteiger charge is -2.05. The van der Waals surface area contributed by atoms with Gasteiger partial charge in [-0.2, -0.15) is 4.98 Å². The summed E-state index contributed by atoms with van der Waals surface area (Å²) in [6, 6.07) is 11.7. The van der Waals surface area contributed by atoms with Crippen LogP contribution < -0.4 is 5.32 Å². The van der Waals surface area contributed by atoms with Gasteiger partial charge in [0.1, 0.15) is 16.5 Å². The molecule has 5 nitrogen and oxygen atoms in total. The van der Waals surface area contributed by atoms with Crippen LogP contribution in [-0.4, -0.2) is 16.0 Å². The molecule has 2 aromatic heterocycles. The van der Waals surface area contributed by atoms with Gasteiger partial charge in [-0.3, -0.25) is 4.79 Å². The summed E-state index contributed by atoms with van der Waals surface area (Å²) in [6.45, 7) is 1.63. The molecular formula is C20H13F2N3O2S. The molecule has 0 bridgehead atoms. The van der Waals surface area contributed by atoms with Gasteiger partial charge < -0.3 is 9.84 Å². The summed E-state index contributed by atoms with van der Waals surface area (Å²) in [4.78, 5) is 17.3. The second-order valence-corrected chi connectivity index (χ2v) is 6.93. The first-order valence-electron chi connectivity index (χ1n) is 8.26. The summed E-state index contributed by atoms with van der Waals surface area (Å²) in [5, 5.41) is 8.41. The zero-order valence-corrected chi connectivity index (χ0v) is 15.4. The zero-order chi connectivity index (χ0) is 19.7. The van der Waals surface area contributed by atoms with Gasteiger partial charge in [-0.1, -0.05) is 11.2 Å². The lowest BCUT2D eigenvalue weighted by Crippen LogP contribution is -2.12. The molecule has 28 heavy (non-hydrogen) atoms. The number of aromatic nitrogens is 2. The molecule has 0 spiro atoms. The molecule has 0 unspecified atom stereocenters. The van der Waals surface area contributed by atoms with E-state index < -0.39 is 11.7 Å². The molecular weight excluding hydrogens is 384 g/mol. The third-order valence-corrected chi connectivity index (χ3v) is 4.97. The number of nitrogens with zero attached hydrogens (tertiary/aromatic N) is 2. The number of aryl methyl sites for hydroxylation is 1. The normalized spacial score (nSPS) is 10.8. The van der Waals surface area contributed by atoms with Crippen molar-refractivity contribution >= 4 is 22.9 Å². The van der Waals surface area contributed by atoms with Crippen molar-refractivity contribution in [3.05, 3.63) is 76.7 Å². The van der Waals surface area contributed by atoms with Crippen LogP contribution in [0.25, 0.3) is 22.2 Å². The number of amides is 1. The summed E-state index contributed by atoms with van der Waals surface area (Å²) in [6.07, 6.45) is 0. The topological polar surface area (TPSA) is 68.0 Å². The second kappa shape index (κ2) is 7.32. The van der Waals surface area contributed by atoms with Gasteiger partial charge in [0.05, 0.1) is 5.69 Å². The maximum Gasteiger partial charge on any atom is 0.270 e. The molecule has 2 heterocycles. The highest BCUT2D eigenvalue weighted by molar-refractivity contribution is 7.14. The SMILES string of the molecule is Cc1ccc(C(=O)Nc2ccsc2-c2nc(-c3ccc(F)cc3)no2)cc1F. The number of thiophene rings is 1. The number of nitrogens with one attached hydrogen (secondary N) is 1. The average Bonchev–Trinajstić information content (AvgIpc) is 3.34. The molecule has 140 valence electrons. The van der Waals surface area contributed by atoms with E-state index in [-0.39, 0.29) is 17.3 Å². The lowest BCUT2D eigenvalue weighted by molar-refractivity contribution is 0.102. The molecule has 2 aromatic carbocycles. The Morgan fingerprint density at radius 2 is 1.89 bits per heavy atom. The van der Waals surface area contributed by atoms with Crippen LogP contribution >= 0.6 is 11.3 Å². The van der Waals surface area contributed by atoms with Crippen LogP contribution in [0.15, 0.2) is 58.4 Å². The van der Waals surface area contributed by atoms with Crippen molar-refractivity contribution < 1.29 is 18.1 Å². The van der Waals surface area contributed by atoms with Crippen molar-refractivity contribution in [2.75, 3.05) is 5.32 Å². The minimum absolute atomic E-state index is 0.206. The number of hydrogen-bond acceptors (Lipinski definition) is 5. The van der Waals surface area contributed by atoms with Crippen molar-refractivity contribution in [2.24, 2.45) is 0 Å². The first kappa shape index (κ1) is 18.0. The van der Waals surface area contributed by atoms with Crippen LogP contribution in [0, 0.1) is 18.6 Å². The molecule has 4 rings (SSSR count). The number of rotatable bonds is 4. The highest BCUT2D eigenvalue weighted by Gasteiger charge is 2.18. The fourth-order valence-electron chi connectivity index (χ4n) is 2.53. The molecule has 0 atom stereocenters. The molecule has 8 heteroatoms. The van der Waals surface area contributed by atoms with Gasteiger partial charge in [-0.15, -0.1) is 11.3 Å². The number of benzene rings is 2. The molecule has 0 aliphatic heterocycles. The summed E-state index contributed by atoms with van der Waals surface area (Å²) >= 11 is 1.31. The summed E-state index contributed by atoms with van der Waals surface area (Å²) in [5.41, 5.74) is 1.75. The van der Waals surface area contributed by atoms with Gasteiger partial charge in [0, 0.05) is 11.1 Å². The van der Waals surface area contributed by atoms with Crippen LogP contribution in [0.5, 0.6) is 0 Å². The molecule has 0 aliphatic rings. The fourth-order valence-corrected chi connectivity index (χ4v) is 3.30. The van der Waals surface area contributed by atoms with Crippen molar-refractivity contribution in [3.8, 4) is 22.2 Å². The van der Waals surface area contributed by atoms with Gasteiger partial charge in [0.25, 0.3) is 11.8 Å². The third kappa shape index (κ3) is 3.54. The minimum Gasteiger partial charge on any atom is -0.333 e. The van der Waals surface area contributed by atoms with Gasteiger partial charge in [-0.05, 0) is 60.3 Å². The second-order valence-electron chi connectivity index (χ2n) is 6.01. The Balaban J connectivity index is 1.58. The van der Waals surface area contributed by atoms with E-state index in [0.29, 0.717) is 27.5 Å². The van der Waals surface area contributed by atoms with Crippen molar-refractivity contribution in [2.45, 2.75) is 6.92 Å². The average molecular weight is 397 g/mol. The third-order valence-electron chi connectivity index (χ3n) is 4.07. The molecule has 0 aliphatic carbocycles. The van der Waals surface area contributed by atoms with Gasteiger partial charge in [0.2, 0.25) is 5.82 Å². The highest BCUT2D eigenvalue weighted by Crippen LogP contribution is 2.34. The van der Waals surface area contributed by atoms with E-state index in [2.05, 4.69) is 15.5 Å². The van der Waals surface area contributed by atoms with Crippen LogP contribution in [0.3, 0.4) is 0 Å². The Morgan fingerprint density at radius 1 is 1.11 bits per heavy atom. The Labute approximate surface area is 162 Å². The lowest BCUT2D eigenvalue weighted by atomic mass is 10.1. The Hall–Kier alpha value is -3.39. The number of halogens is 2. The van der Waals surface area contributed by atoms with Crippen molar-refractivity contribution in [1.29, 1.82) is 0 Å². The Bertz CT molecular complexity index is 1150. The van der Waals surface area contributed by atoms with E-state index in [1.54, 1.807) is 42.6 Å². The number of hydrogen-bond donors (Lipinski definition) is 1. The predicted octanol–water partition coefficient (Wildman–Crippen LogP) is 5.30.